The summed E-state index contributed by atoms with van der Waals surface area (Å²) in [6.45, 7) is 3.48. The topological polar surface area (TPSA) is 40.6 Å². The first-order valence-electron chi connectivity index (χ1n) is 4.98. The van der Waals surface area contributed by atoms with Gasteiger partial charge in [0.15, 0.2) is 0 Å². The van der Waals surface area contributed by atoms with E-state index in [9.17, 15) is 14.0 Å². The maximum atomic E-state index is 13.6. The van der Waals surface area contributed by atoms with E-state index in [1.165, 1.54) is 0 Å². The highest BCUT2D eigenvalue weighted by molar-refractivity contribution is 8.14. The van der Waals surface area contributed by atoms with E-state index in [4.69, 9.17) is 0 Å². The number of hydrogen-bond donors (Lipinski definition) is 0. The zero-order valence-corrected chi connectivity index (χ0v) is 9.30. The summed E-state index contributed by atoms with van der Waals surface area (Å²) in [4.78, 5) is 25.8. The molecule has 2 aliphatic rings. The molecule has 6 heteroatoms. The molecule has 2 fully saturated rings. The van der Waals surface area contributed by atoms with E-state index in [0.29, 0.717) is 13.1 Å². The second-order valence-electron chi connectivity index (χ2n) is 3.75. The minimum absolute atomic E-state index is 0.161. The van der Waals surface area contributed by atoms with Gasteiger partial charge in [-0.3, -0.25) is 19.4 Å². The number of halogens is 1. The van der Waals surface area contributed by atoms with Crippen molar-refractivity contribution in [2.75, 3.05) is 25.4 Å². The van der Waals surface area contributed by atoms with Gasteiger partial charge in [-0.1, -0.05) is 18.7 Å². The summed E-state index contributed by atoms with van der Waals surface area (Å²) in [6, 6.07) is -0.569. The fourth-order valence-electron chi connectivity index (χ4n) is 2.01. The van der Waals surface area contributed by atoms with Crippen LogP contribution in [0.2, 0.25) is 0 Å². The first-order chi connectivity index (χ1) is 7.13. The summed E-state index contributed by atoms with van der Waals surface area (Å²) in [5, 5.41) is -0.300. The fourth-order valence-corrected chi connectivity index (χ4v) is 2.77. The predicted molar refractivity (Wildman–Crippen MR) is 55.5 cm³/mol. The maximum absolute atomic E-state index is 13.6. The number of carbonyl (C=O) groups is 2. The van der Waals surface area contributed by atoms with E-state index in [1.807, 2.05) is 11.8 Å². The number of likely N-dealkylation sites (N-methyl/N-ethyl adjacent to an activating group) is 1. The molecule has 0 spiro atoms. The van der Waals surface area contributed by atoms with E-state index in [1.54, 1.807) is 0 Å². The van der Waals surface area contributed by atoms with E-state index < -0.39 is 12.2 Å². The third kappa shape index (κ3) is 1.88. The number of alkyl halides is 1. The van der Waals surface area contributed by atoms with Crippen LogP contribution in [-0.2, 0) is 4.79 Å². The van der Waals surface area contributed by atoms with Crippen LogP contribution < -0.4 is 0 Å². The summed E-state index contributed by atoms with van der Waals surface area (Å²) < 4.78 is 13.6. The largest absolute Gasteiger partial charge is 0.298 e. The Bertz CT molecular complexity index is 284. The van der Waals surface area contributed by atoms with Crippen molar-refractivity contribution >= 4 is 22.9 Å². The van der Waals surface area contributed by atoms with Gasteiger partial charge < -0.3 is 0 Å². The van der Waals surface area contributed by atoms with Gasteiger partial charge >= 0.3 is 0 Å². The number of likely N-dealkylation sites (tertiary alicyclic amines) is 1. The van der Waals surface area contributed by atoms with Gasteiger partial charge in [0.05, 0.1) is 11.8 Å². The van der Waals surface area contributed by atoms with Crippen LogP contribution in [0, 0.1) is 0 Å². The molecule has 84 valence electrons. The van der Waals surface area contributed by atoms with Crippen LogP contribution in [0.1, 0.15) is 6.92 Å². The molecular formula is C9H13FN2O2S. The highest BCUT2D eigenvalue weighted by Crippen LogP contribution is 2.27. The molecule has 4 nitrogen and oxygen atoms in total. The van der Waals surface area contributed by atoms with Gasteiger partial charge in [0.1, 0.15) is 6.17 Å². The number of nitrogens with zero attached hydrogens (tertiary/aromatic N) is 2. The average Bonchev–Trinajstić information content (AvgIpc) is 2.71. The van der Waals surface area contributed by atoms with E-state index in [-0.39, 0.29) is 16.9 Å². The smallest absolute Gasteiger partial charge is 0.289 e. The first kappa shape index (κ1) is 10.9. The molecule has 2 heterocycles. The molecule has 2 saturated heterocycles. The zero-order chi connectivity index (χ0) is 11.0. The minimum atomic E-state index is -1.10. The van der Waals surface area contributed by atoms with Gasteiger partial charge in [-0.15, -0.1) is 0 Å². The van der Waals surface area contributed by atoms with Crippen LogP contribution in [0.15, 0.2) is 0 Å². The molecule has 0 aromatic heterocycles. The van der Waals surface area contributed by atoms with Crippen molar-refractivity contribution in [3.63, 3.8) is 0 Å². The number of carbonyl (C=O) groups excluding carboxylic acids is 2. The van der Waals surface area contributed by atoms with Crippen LogP contribution in [0.4, 0.5) is 9.18 Å². The Morgan fingerprint density at radius 3 is 2.67 bits per heavy atom. The normalized spacial score (nSPS) is 33.1. The number of thioether (sulfide) groups is 1. The van der Waals surface area contributed by atoms with E-state index >= 15 is 0 Å². The Morgan fingerprint density at radius 2 is 2.20 bits per heavy atom. The Balaban J connectivity index is 2.10. The SMILES string of the molecule is CCN1C[C@H](F)[C@@H](N2C(=O)CSC2=O)C1. The third-order valence-electron chi connectivity index (χ3n) is 2.86. The van der Waals surface area contributed by atoms with Crippen molar-refractivity contribution < 1.29 is 14.0 Å². The van der Waals surface area contributed by atoms with Gasteiger partial charge in [-0.05, 0) is 6.54 Å². The number of rotatable bonds is 2. The average molecular weight is 232 g/mol. The Hall–Kier alpha value is -0.620. The molecule has 2 aliphatic heterocycles. The summed E-state index contributed by atoms with van der Waals surface area (Å²) in [6.07, 6.45) is -1.10. The first-order valence-corrected chi connectivity index (χ1v) is 5.97. The zero-order valence-electron chi connectivity index (χ0n) is 8.48. The van der Waals surface area contributed by atoms with Crippen LogP contribution >= 0.6 is 11.8 Å². The molecule has 0 saturated carbocycles. The lowest BCUT2D eigenvalue weighted by Gasteiger charge is -2.22. The Labute approximate surface area is 91.8 Å². The van der Waals surface area contributed by atoms with Gasteiger partial charge in [0.25, 0.3) is 5.24 Å². The van der Waals surface area contributed by atoms with Crippen molar-refractivity contribution in [1.82, 2.24) is 9.80 Å². The monoisotopic (exact) mass is 232 g/mol. The lowest BCUT2D eigenvalue weighted by atomic mass is 10.2. The molecule has 15 heavy (non-hydrogen) atoms. The highest BCUT2D eigenvalue weighted by atomic mass is 32.2. The molecule has 2 amide bonds. The molecule has 0 aromatic rings. The van der Waals surface area contributed by atoms with Gasteiger partial charge in [0, 0.05) is 13.1 Å². The molecule has 2 atom stereocenters. The minimum Gasteiger partial charge on any atom is -0.298 e. The second kappa shape index (κ2) is 4.09. The molecule has 0 radical (unpaired) electrons. The standard InChI is InChI=1S/C9H13FN2O2S/c1-2-11-3-6(10)7(4-11)12-8(13)5-15-9(12)14/h6-7H,2-5H2,1H3/t6-,7-/m0/s1. The summed E-state index contributed by atoms with van der Waals surface area (Å²) >= 11 is 0.963. The number of hydrogen-bond acceptors (Lipinski definition) is 4. The van der Waals surface area contributed by atoms with Gasteiger partial charge in [0.2, 0.25) is 5.91 Å². The number of imide groups is 1. The third-order valence-corrected chi connectivity index (χ3v) is 3.69. The van der Waals surface area contributed by atoms with Gasteiger partial charge in [-0.25, -0.2) is 4.39 Å². The van der Waals surface area contributed by atoms with Crippen LogP contribution in [0.25, 0.3) is 0 Å². The molecule has 2 rings (SSSR count). The maximum Gasteiger partial charge on any atom is 0.289 e. The van der Waals surface area contributed by atoms with Crippen molar-refractivity contribution in [1.29, 1.82) is 0 Å². The lowest BCUT2D eigenvalue weighted by Crippen LogP contribution is -2.44. The fraction of sp³-hybridized carbons (Fsp3) is 0.778. The van der Waals surface area contributed by atoms with Crippen LogP contribution in [-0.4, -0.2) is 58.5 Å². The summed E-state index contributed by atoms with van der Waals surface area (Å²) in [7, 11) is 0. The Morgan fingerprint density at radius 1 is 1.47 bits per heavy atom. The molecule has 0 unspecified atom stereocenters. The lowest BCUT2D eigenvalue weighted by molar-refractivity contribution is -0.126. The Kier molecular flexibility index (Phi) is 2.97. The van der Waals surface area contributed by atoms with E-state index in [2.05, 4.69) is 0 Å². The molecule has 0 aromatic carbocycles. The molecule has 0 aliphatic carbocycles. The second-order valence-corrected chi connectivity index (χ2v) is 4.68. The predicted octanol–water partition coefficient (Wildman–Crippen LogP) is 0.724. The van der Waals surface area contributed by atoms with Gasteiger partial charge in [-0.2, -0.15) is 0 Å². The molecule has 0 N–H and O–H groups in total. The van der Waals surface area contributed by atoms with Crippen molar-refractivity contribution in [2.24, 2.45) is 0 Å². The van der Waals surface area contributed by atoms with Crippen LogP contribution in [0.5, 0.6) is 0 Å². The van der Waals surface area contributed by atoms with Crippen LogP contribution in [0.3, 0.4) is 0 Å². The molecular weight excluding hydrogens is 219 g/mol. The van der Waals surface area contributed by atoms with Crippen molar-refractivity contribution in [2.45, 2.75) is 19.1 Å². The number of amides is 2. The summed E-state index contributed by atoms with van der Waals surface area (Å²) in [5.74, 6) is -0.0932. The summed E-state index contributed by atoms with van der Waals surface area (Å²) in [5.41, 5.74) is 0. The van der Waals surface area contributed by atoms with E-state index in [0.717, 1.165) is 23.2 Å². The highest BCUT2D eigenvalue weighted by Gasteiger charge is 2.44. The van der Waals surface area contributed by atoms with Crippen molar-refractivity contribution in [3.05, 3.63) is 0 Å². The molecule has 0 bridgehead atoms. The quantitative estimate of drug-likeness (QED) is 0.703. The van der Waals surface area contributed by atoms with Crippen molar-refractivity contribution in [3.8, 4) is 0 Å².